The Kier molecular flexibility index (Phi) is 6.43. The first kappa shape index (κ1) is 15.2. The predicted octanol–water partition coefficient (Wildman–Crippen LogP) is 2.75. The minimum atomic E-state index is -0.507. The maximum Gasteiger partial charge on any atom is 0.176 e. The molecule has 0 bridgehead atoms. The first-order valence-corrected chi connectivity index (χ1v) is 6.34. The smallest absolute Gasteiger partial charge is 0.176 e. The zero-order valence-corrected chi connectivity index (χ0v) is 11.7. The molecule has 1 aromatic rings. The van der Waals surface area contributed by atoms with Gasteiger partial charge in [-0.15, -0.1) is 0 Å². The molecule has 1 unspecified atom stereocenters. The van der Waals surface area contributed by atoms with Crippen molar-refractivity contribution in [2.45, 2.75) is 26.2 Å². The summed E-state index contributed by atoms with van der Waals surface area (Å²) in [5.74, 6) is 0.677. The molecule has 0 amide bonds. The average molecular weight is 274 g/mol. The Morgan fingerprint density at radius 3 is 2.33 bits per heavy atom. The molecule has 102 valence electrons. The Bertz CT molecular complexity index is 367. The topological polar surface area (TPSA) is 53.7 Å². The van der Waals surface area contributed by atoms with E-state index in [-0.39, 0.29) is 0 Å². The molecule has 0 aliphatic rings. The van der Waals surface area contributed by atoms with Crippen LogP contribution in [0.1, 0.15) is 25.5 Å². The molecule has 0 aliphatic carbocycles. The van der Waals surface area contributed by atoms with Crippen molar-refractivity contribution < 1.29 is 14.2 Å². The zero-order valence-electron chi connectivity index (χ0n) is 11.0. The van der Waals surface area contributed by atoms with Gasteiger partial charge in [-0.3, -0.25) is 0 Å². The van der Waals surface area contributed by atoms with Crippen LogP contribution in [-0.2, 0) is 9.47 Å². The van der Waals surface area contributed by atoms with Crippen LogP contribution in [0.15, 0.2) is 18.2 Å². The van der Waals surface area contributed by atoms with Crippen LogP contribution < -0.4 is 10.5 Å². The van der Waals surface area contributed by atoms with E-state index < -0.39 is 12.3 Å². The van der Waals surface area contributed by atoms with Gasteiger partial charge < -0.3 is 19.9 Å². The van der Waals surface area contributed by atoms with E-state index in [1.165, 1.54) is 0 Å². The number of halogens is 1. The van der Waals surface area contributed by atoms with Gasteiger partial charge in [-0.05, 0) is 32.0 Å². The van der Waals surface area contributed by atoms with E-state index in [0.29, 0.717) is 24.0 Å². The van der Waals surface area contributed by atoms with Gasteiger partial charge in [-0.2, -0.15) is 0 Å². The summed E-state index contributed by atoms with van der Waals surface area (Å²) in [6, 6.07) is 4.87. The summed E-state index contributed by atoms with van der Waals surface area (Å²) in [5.41, 5.74) is 6.94. The Hall–Kier alpha value is -0.810. The molecular formula is C13H20ClNO3. The minimum Gasteiger partial charge on any atom is -0.496 e. The van der Waals surface area contributed by atoms with E-state index in [4.69, 9.17) is 31.5 Å². The van der Waals surface area contributed by atoms with Crippen LogP contribution in [0, 0.1) is 0 Å². The number of hydrogen-bond donors (Lipinski definition) is 1. The highest BCUT2D eigenvalue weighted by atomic mass is 35.5. The standard InChI is InChI=1S/C13H20ClNO3/c1-4-17-13(18-5-2)12(15)10-8-9(14)6-7-11(10)16-3/h6-8,12-13H,4-5,15H2,1-3H3. The van der Waals surface area contributed by atoms with Crippen LogP contribution in [0.2, 0.25) is 5.02 Å². The van der Waals surface area contributed by atoms with Crippen molar-refractivity contribution in [3.63, 3.8) is 0 Å². The summed E-state index contributed by atoms with van der Waals surface area (Å²) >= 11 is 5.98. The highest BCUT2D eigenvalue weighted by Gasteiger charge is 2.23. The van der Waals surface area contributed by atoms with Gasteiger partial charge >= 0.3 is 0 Å². The molecule has 0 aliphatic heterocycles. The van der Waals surface area contributed by atoms with E-state index in [2.05, 4.69) is 0 Å². The van der Waals surface area contributed by atoms with Gasteiger partial charge in [0.1, 0.15) is 5.75 Å². The molecule has 2 N–H and O–H groups in total. The summed E-state index contributed by atoms with van der Waals surface area (Å²) in [4.78, 5) is 0. The molecule has 0 spiro atoms. The lowest BCUT2D eigenvalue weighted by Gasteiger charge is -2.25. The normalized spacial score (nSPS) is 12.8. The van der Waals surface area contributed by atoms with Gasteiger partial charge in [0, 0.05) is 23.8 Å². The van der Waals surface area contributed by atoms with Gasteiger partial charge in [0.05, 0.1) is 13.2 Å². The first-order chi connectivity index (χ1) is 8.63. The van der Waals surface area contributed by atoms with Gasteiger partial charge in [0.15, 0.2) is 6.29 Å². The molecule has 0 aromatic heterocycles. The predicted molar refractivity (Wildman–Crippen MR) is 72.0 cm³/mol. The molecule has 0 radical (unpaired) electrons. The van der Waals surface area contributed by atoms with Gasteiger partial charge in [-0.25, -0.2) is 0 Å². The van der Waals surface area contributed by atoms with Gasteiger partial charge in [0.2, 0.25) is 0 Å². The molecule has 1 rings (SSSR count). The highest BCUT2D eigenvalue weighted by Crippen LogP contribution is 2.30. The molecule has 0 heterocycles. The number of benzene rings is 1. The van der Waals surface area contributed by atoms with Crippen LogP contribution in [0.25, 0.3) is 0 Å². The number of methoxy groups -OCH3 is 1. The van der Waals surface area contributed by atoms with Crippen LogP contribution in [0.4, 0.5) is 0 Å². The summed E-state index contributed by atoms with van der Waals surface area (Å²) in [6.45, 7) is 4.85. The molecule has 0 fully saturated rings. The molecule has 0 saturated carbocycles. The first-order valence-electron chi connectivity index (χ1n) is 5.96. The summed E-state index contributed by atoms with van der Waals surface area (Å²) in [7, 11) is 1.59. The maximum atomic E-state index is 6.17. The SMILES string of the molecule is CCOC(OCC)C(N)c1cc(Cl)ccc1OC. The fraction of sp³-hybridized carbons (Fsp3) is 0.538. The van der Waals surface area contributed by atoms with Gasteiger partial charge in [-0.1, -0.05) is 11.6 Å². The Morgan fingerprint density at radius 2 is 1.83 bits per heavy atom. The highest BCUT2D eigenvalue weighted by molar-refractivity contribution is 6.30. The Labute approximate surface area is 113 Å². The van der Waals surface area contributed by atoms with Crippen molar-refractivity contribution in [2.24, 2.45) is 5.73 Å². The molecule has 4 nitrogen and oxygen atoms in total. The van der Waals surface area contributed by atoms with Crippen molar-refractivity contribution >= 4 is 11.6 Å². The minimum absolute atomic E-state index is 0.446. The second kappa shape index (κ2) is 7.59. The average Bonchev–Trinajstić information content (AvgIpc) is 2.37. The van der Waals surface area contributed by atoms with E-state index in [1.807, 2.05) is 13.8 Å². The monoisotopic (exact) mass is 273 g/mol. The number of hydrogen-bond acceptors (Lipinski definition) is 4. The third-order valence-corrected chi connectivity index (χ3v) is 2.74. The van der Waals surface area contributed by atoms with Crippen molar-refractivity contribution in [2.75, 3.05) is 20.3 Å². The second-order valence-corrected chi connectivity index (χ2v) is 4.13. The molecule has 1 atom stereocenters. The quantitative estimate of drug-likeness (QED) is 0.776. The Morgan fingerprint density at radius 1 is 1.22 bits per heavy atom. The maximum absolute atomic E-state index is 6.17. The number of ether oxygens (including phenoxy) is 3. The van der Waals surface area contributed by atoms with Crippen molar-refractivity contribution in [3.8, 4) is 5.75 Å². The van der Waals surface area contributed by atoms with E-state index in [9.17, 15) is 0 Å². The van der Waals surface area contributed by atoms with Crippen molar-refractivity contribution in [3.05, 3.63) is 28.8 Å². The van der Waals surface area contributed by atoms with Gasteiger partial charge in [0.25, 0.3) is 0 Å². The second-order valence-electron chi connectivity index (χ2n) is 3.69. The largest absolute Gasteiger partial charge is 0.496 e. The van der Waals surface area contributed by atoms with Crippen molar-refractivity contribution in [1.29, 1.82) is 0 Å². The van der Waals surface area contributed by atoms with Crippen LogP contribution >= 0.6 is 11.6 Å². The van der Waals surface area contributed by atoms with Crippen molar-refractivity contribution in [1.82, 2.24) is 0 Å². The lowest BCUT2D eigenvalue weighted by Crippen LogP contribution is -2.32. The lowest BCUT2D eigenvalue weighted by molar-refractivity contribution is -0.149. The molecule has 5 heteroatoms. The lowest BCUT2D eigenvalue weighted by atomic mass is 10.1. The summed E-state index contributed by atoms with van der Waals surface area (Å²) < 4.78 is 16.3. The Balaban J connectivity index is 2.98. The molecule has 0 saturated heterocycles. The zero-order chi connectivity index (χ0) is 13.5. The van der Waals surface area contributed by atoms with E-state index in [0.717, 1.165) is 5.56 Å². The van der Waals surface area contributed by atoms with E-state index >= 15 is 0 Å². The molecule has 18 heavy (non-hydrogen) atoms. The molecular weight excluding hydrogens is 254 g/mol. The van der Waals surface area contributed by atoms with Crippen LogP contribution in [-0.4, -0.2) is 26.6 Å². The third kappa shape index (κ3) is 3.85. The molecule has 1 aromatic carbocycles. The van der Waals surface area contributed by atoms with E-state index in [1.54, 1.807) is 25.3 Å². The summed E-state index contributed by atoms with van der Waals surface area (Å²) in [5, 5.41) is 0.605. The van der Waals surface area contributed by atoms with Crippen LogP contribution in [0.3, 0.4) is 0 Å². The fourth-order valence-corrected chi connectivity index (χ4v) is 1.88. The third-order valence-electron chi connectivity index (χ3n) is 2.51. The number of rotatable bonds is 7. The summed E-state index contributed by atoms with van der Waals surface area (Å²) in [6.07, 6.45) is -0.507. The fourth-order valence-electron chi connectivity index (χ4n) is 1.70. The van der Waals surface area contributed by atoms with Crippen LogP contribution in [0.5, 0.6) is 5.75 Å². The number of nitrogens with two attached hydrogens (primary N) is 1.